The number of amides is 1. The lowest BCUT2D eigenvalue weighted by atomic mass is 10.0. The molecule has 0 aliphatic rings. The molecule has 0 fully saturated rings. The third-order valence-electron chi connectivity index (χ3n) is 2.63. The van der Waals surface area contributed by atoms with E-state index >= 15 is 0 Å². The summed E-state index contributed by atoms with van der Waals surface area (Å²) in [6.45, 7) is 3.82. The Hall–Kier alpha value is -1.33. The summed E-state index contributed by atoms with van der Waals surface area (Å²) in [5.74, 6) is 0.444. The van der Waals surface area contributed by atoms with E-state index in [0.29, 0.717) is 12.2 Å². The second kappa shape index (κ2) is 5.14. The zero-order chi connectivity index (χ0) is 12.2. The number of carbonyl (C=O) groups is 1. The van der Waals surface area contributed by atoms with E-state index in [1.54, 1.807) is 19.1 Å². The molecule has 0 aliphatic carbocycles. The molecule has 90 valence electrons. The molecule has 1 amide bonds. The molecule has 5 nitrogen and oxygen atoms in total. The summed E-state index contributed by atoms with van der Waals surface area (Å²) in [7, 11) is 0. The average Bonchev–Trinajstić information content (AvgIpc) is 2.77. The number of aliphatic hydroxyl groups is 1. The van der Waals surface area contributed by atoms with E-state index in [1.165, 1.54) is 0 Å². The molecule has 16 heavy (non-hydrogen) atoms. The van der Waals surface area contributed by atoms with Crippen molar-refractivity contribution in [3.8, 4) is 0 Å². The van der Waals surface area contributed by atoms with Gasteiger partial charge in [-0.05, 0) is 25.5 Å². The monoisotopic (exact) mass is 226 g/mol. The van der Waals surface area contributed by atoms with Crippen LogP contribution in [0.4, 0.5) is 0 Å². The van der Waals surface area contributed by atoms with Gasteiger partial charge in [-0.25, -0.2) is 0 Å². The number of furan rings is 1. The third-order valence-corrected chi connectivity index (χ3v) is 2.63. The van der Waals surface area contributed by atoms with E-state index in [4.69, 9.17) is 15.3 Å². The van der Waals surface area contributed by atoms with Crippen LogP contribution in [0.25, 0.3) is 0 Å². The van der Waals surface area contributed by atoms with Gasteiger partial charge in [-0.15, -0.1) is 0 Å². The summed E-state index contributed by atoms with van der Waals surface area (Å²) < 4.78 is 5.21. The van der Waals surface area contributed by atoms with Crippen LogP contribution in [-0.4, -0.2) is 23.2 Å². The van der Waals surface area contributed by atoms with Crippen LogP contribution in [0.2, 0.25) is 0 Å². The fourth-order valence-corrected chi connectivity index (χ4v) is 1.19. The summed E-state index contributed by atoms with van der Waals surface area (Å²) in [5.41, 5.74) is 4.76. The molecule has 0 radical (unpaired) electrons. The van der Waals surface area contributed by atoms with Crippen LogP contribution in [0.3, 0.4) is 0 Å². The highest BCUT2D eigenvalue weighted by molar-refractivity contribution is 5.92. The van der Waals surface area contributed by atoms with E-state index in [-0.39, 0.29) is 24.8 Å². The van der Waals surface area contributed by atoms with Gasteiger partial charge in [0.1, 0.15) is 5.76 Å². The highest BCUT2D eigenvalue weighted by atomic mass is 16.4. The van der Waals surface area contributed by atoms with Gasteiger partial charge in [0, 0.05) is 0 Å². The molecule has 1 rings (SSSR count). The van der Waals surface area contributed by atoms with Crippen LogP contribution in [0.1, 0.15) is 36.6 Å². The Kier molecular flexibility index (Phi) is 4.09. The van der Waals surface area contributed by atoms with Gasteiger partial charge >= 0.3 is 0 Å². The van der Waals surface area contributed by atoms with Crippen molar-refractivity contribution in [2.75, 3.05) is 6.61 Å². The Morgan fingerprint density at radius 2 is 2.31 bits per heavy atom. The molecule has 0 saturated heterocycles. The molecule has 1 heterocycles. The van der Waals surface area contributed by atoms with E-state index in [1.807, 2.05) is 6.92 Å². The smallest absolute Gasteiger partial charge is 0.287 e. The van der Waals surface area contributed by atoms with Crippen molar-refractivity contribution in [3.63, 3.8) is 0 Å². The Balaban J connectivity index is 2.71. The second-order valence-electron chi connectivity index (χ2n) is 4.00. The minimum atomic E-state index is -0.618. The zero-order valence-corrected chi connectivity index (χ0v) is 9.62. The Morgan fingerprint density at radius 1 is 1.62 bits per heavy atom. The molecule has 1 aromatic rings. The number of aliphatic hydroxyl groups excluding tert-OH is 1. The maximum absolute atomic E-state index is 11.8. The van der Waals surface area contributed by atoms with Crippen molar-refractivity contribution in [1.82, 2.24) is 5.32 Å². The van der Waals surface area contributed by atoms with Crippen LogP contribution >= 0.6 is 0 Å². The van der Waals surface area contributed by atoms with Crippen LogP contribution in [-0.2, 0) is 6.54 Å². The number of nitrogens with two attached hydrogens (primary N) is 1. The van der Waals surface area contributed by atoms with Gasteiger partial charge < -0.3 is 20.6 Å². The van der Waals surface area contributed by atoms with Crippen molar-refractivity contribution in [1.29, 1.82) is 0 Å². The highest BCUT2D eigenvalue weighted by Crippen LogP contribution is 2.12. The zero-order valence-electron chi connectivity index (χ0n) is 9.62. The first kappa shape index (κ1) is 12.7. The van der Waals surface area contributed by atoms with Gasteiger partial charge in [0.25, 0.3) is 5.91 Å². The lowest BCUT2D eigenvalue weighted by Gasteiger charge is -2.26. The molecular weight excluding hydrogens is 208 g/mol. The number of carbonyl (C=O) groups excluding carboxylic acids is 1. The molecule has 0 spiro atoms. The van der Waals surface area contributed by atoms with Crippen molar-refractivity contribution >= 4 is 5.91 Å². The normalized spacial score (nSPS) is 14.5. The minimum Gasteiger partial charge on any atom is -0.455 e. The average molecular weight is 226 g/mol. The summed E-state index contributed by atoms with van der Waals surface area (Å²) in [5, 5.41) is 11.9. The van der Waals surface area contributed by atoms with Gasteiger partial charge in [-0.1, -0.05) is 6.92 Å². The van der Waals surface area contributed by atoms with Gasteiger partial charge in [-0.2, -0.15) is 0 Å². The van der Waals surface area contributed by atoms with Gasteiger partial charge in [0.05, 0.1) is 18.7 Å². The fourth-order valence-electron chi connectivity index (χ4n) is 1.19. The molecule has 1 unspecified atom stereocenters. The number of hydrogen-bond acceptors (Lipinski definition) is 4. The Bertz CT molecular complexity index is 356. The van der Waals surface area contributed by atoms with Crippen molar-refractivity contribution in [2.45, 2.75) is 32.4 Å². The largest absolute Gasteiger partial charge is 0.455 e. The highest BCUT2D eigenvalue weighted by Gasteiger charge is 2.25. The van der Waals surface area contributed by atoms with Gasteiger partial charge in [0.15, 0.2) is 5.76 Å². The quantitative estimate of drug-likeness (QED) is 0.687. The Labute approximate surface area is 94.6 Å². The van der Waals surface area contributed by atoms with Crippen LogP contribution in [0.5, 0.6) is 0 Å². The topological polar surface area (TPSA) is 88.5 Å². The van der Waals surface area contributed by atoms with E-state index in [9.17, 15) is 4.79 Å². The Morgan fingerprint density at radius 3 is 2.75 bits per heavy atom. The first-order valence-electron chi connectivity index (χ1n) is 5.27. The first-order valence-corrected chi connectivity index (χ1v) is 5.27. The van der Waals surface area contributed by atoms with E-state index in [0.717, 1.165) is 0 Å². The van der Waals surface area contributed by atoms with E-state index < -0.39 is 5.54 Å². The lowest BCUT2D eigenvalue weighted by molar-refractivity contribution is 0.0818. The molecule has 0 aliphatic heterocycles. The molecule has 0 bridgehead atoms. The molecule has 5 heteroatoms. The lowest BCUT2D eigenvalue weighted by Crippen LogP contribution is -2.48. The molecule has 1 aromatic heterocycles. The van der Waals surface area contributed by atoms with Crippen molar-refractivity contribution < 1.29 is 14.3 Å². The maximum atomic E-state index is 11.8. The molecule has 1 atom stereocenters. The van der Waals surface area contributed by atoms with Gasteiger partial charge in [0.2, 0.25) is 0 Å². The summed E-state index contributed by atoms with van der Waals surface area (Å²) in [6.07, 6.45) is 0.639. The van der Waals surface area contributed by atoms with Crippen LogP contribution in [0, 0.1) is 0 Å². The summed E-state index contributed by atoms with van der Waals surface area (Å²) in [6, 6.07) is 3.24. The van der Waals surface area contributed by atoms with Crippen molar-refractivity contribution in [3.05, 3.63) is 23.7 Å². The first-order chi connectivity index (χ1) is 7.54. The summed E-state index contributed by atoms with van der Waals surface area (Å²) in [4.78, 5) is 11.8. The van der Waals surface area contributed by atoms with E-state index in [2.05, 4.69) is 5.32 Å². The fraction of sp³-hybridized carbons (Fsp3) is 0.545. The van der Waals surface area contributed by atoms with Crippen LogP contribution in [0.15, 0.2) is 16.5 Å². The minimum absolute atomic E-state index is 0.111. The van der Waals surface area contributed by atoms with Crippen LogP contribution < -0.4 is 11.1 Å². The SMILES string of the molecule is CCC(C)(CO)NC(=O)c1ccc(CN)o1. The number of hydrogen-bond donors (Lipinski definition) is 3. The summed E-state index contributed by atoms with van der Waals surface area (Å²) >= 11 is 0. The molecule has 0 aromatic carbocycles. The molecule has 0 saturated carbocycles. The third kappa shape index (κ3) is 2.84. The standard InChI is InChI=1S/C11H18N2O3/c1-3-11(2,7-14)13-10(15)9-5-4-8(6-12)16-9/h4-5,14H,3,6-7,12H2,1-2H3,(H,13,15). The second-order valence-corrected chi connectivity index (χ2v) is 4.00. The predicted molar refractivity (Wildman–Crippen MR) is 59.8 cm³/mol. The molecular formula is C11H18N2O3. The van der Waals surface area contributed by atoms with Gasteiger partial charge in [-0.3, -0.25) is 4.79 Å². The molecule has 4 N–H and O–H groups in total. The number of rotatable bonds is 5. The predicted octanol–water partition coefficient (Wildman–Crippen LogP) is 0.629. The number of nitrogens with one attached hydrogen (secondary N) is 1. The van der Waals surface area contributed by atoms with Crippen molar-refractivity contribution in [2.24, 2.45) is 5.73 Å². The maximum Gasteiger partial charge on any atom is 0.287 e.